The molecular weight excluding hydrogens is 392 g/mol. The van der Waals surface area contributed by atoms with Crippen molar-refractivity contribution in [2.75, 3.05) is 18.8 Å². The first kappa shape index (κ1) is 18.3. The number of carbonyl (C=O) groups is 1. The van der Waals surface area contributed by atoms with E-state index in [1.54, 1.807) is 17.7 Å². The second kappa shape index (κ2) is 6.93. The van der Waals surface area contributed by atoms with Gasteiger partial charge in [0.1, 0.15) is 16.2 Å². The Kier molecular flexibility index (Phi) is 4.52. The van der Waals surface area contributed by atoms with Crippen molar-refractivity contribution in [1.82, 2.24) is 19.9 Å². The van der Waals surface area contributed by atoms with Crippen LogP contribution in [0.3, 0.4) is 0 Å². The summed E-state index contributed by atoms with van der Waals surface area (Å²) in [7, 11) is 0. The van der Waals surface area contributed by atoms with Gasteiger partial charge in [-0.15, -0.1) is 11.3 Å². The van der Waals surface area contributed by atoms with Crippen molar-refractivity contribution in [3.05, 3.63) is 23.7 Å². The van der Waals surface area contributed by atoms with Crippen LogP contribution in [0.15, 0.2) is 17.4 Å². The average Bonchev–Trinajstić information content (AvgIpc) is 3.32. The van der Waals surface area contributed by atoms with Gasteiger partial charge < -0.3 is 9.64 Å². The van der Waals surface area contributed by atoms with E-state index >= 15 is 0 Å². The highest BCUT2D eigenvalue weighted by molar-refractivity contribution is 8.00. The smallest absolute Gasteiger partial charge is 0.232 e. The second-order valence-electron chi connectivity index (χ2n) is 8.01. The van der Waals surface area contributed by atoms with Crippen LogP contribution < -0.4 is 0 Å². The van der Waals surface area contributed by atoms with Crippen molar-refractivity contribution in [3.8, 4) is 0 Å². The Morgan fingerprint density at radius 2 is 2.14 bits per heavy atom. The van der Waals surface area contributed by atoms with E-state index in [1.165, 1.54) is 11.8 Å². The maximum atomic E-state index is 12.4. The Labute approximate surface area is 171 Å². The summed E-state index contributed by atoms with van der Waals surface area (Å²) in [6.07, 6.45) is 4.63. The monoisotopic (exact) mass is 414 g/mol. The van der Waals surface area contributed by atoms with Gasteiger partial charge in [-0.05, 0) is 32.8 Å². The third-order valence-electron chi connectivity index (χ3n) is 5.38. The van der Waals surface area contributed by atoms with Crippen LogP contribution in [0, 0.1) is 0 Å². The van der Waals surface area contributed by atoms with Crippen molar-refractivity contribution < 1.29 is 9.53 Å². The lowest BCUT2D eigenvalue weighted by molar-refractivity contribution is -0.127. The summed E-state index contributed by atoms with van der Waals surface area (Å²) in [5.41, 5.74) is 3.00. The zero-order chi connectivity index (χ0) is 19.3. The molecule has 3 aromatic rings. The van der Waals surface area contributed by atoms with E-state index in [1.807, 2.05) is 4.90 Å². The number of thioether (sulfide) groups is 1. The molecule has 0 atom stereocenters. The van der Waals surface area contributed by atoms with Crippen LogP contribution in [0.5, 0.6) is 0 Å². The maximum absolute atomic E-state index is 12.4. The van der Waals surface area contributed by atoms with Crippen LogP contribution in [0.25, 0.3) is 20.4 Å². The third-order valence-corrected chi connectivity index (χ3v) is 7.58. The number of aromatic nitrogens is 3. The number of fused-ring (bicyclic) bond motifs is 4. The Morgan fingerprint density at radius 1 is 1.32 bits per heavy atom. The summed E-state index contributed by atoms with van der Waals surface area (Å²) in [5, 5.41) is 1.92. The minimum atomic E-state index is -0.179. The molecule has 2 aliphatic rings. The van der Waals surface area contributed by atoms with E-state index in [0.29, 0.717) is 12.4 Å². The van der Waals surface area contributed by atoms with Crippen LogP contribution in [0.1, 0.15) is 37.9 Å². The number of thiophene rings is 1. The lowest BCUT2D eigenvalue weighted by Crippen LogP contribution is -2.32. The van der Waals surface area contributed by atoms with Crippen molar-refractivity contribution in [3.63, 3.8) is 0 Å². The average molecular weight is 415 g/mol. The van der Waals surface area contributed by atoms with E-state index in [0.717, 1.165) is 69.1 Å². The molecule has 0 aliphatic carbocycles. The topological polar surface area (TPSA) is 68.2 Å². The van der Waals surface area contributed by atoms with E-state index in [4.69, 9.17) is 9.72 Å². The summed E-state index contributed by atoms with van der Waals surface area (Å²) in [5.74, 6) is 0.620. The first-order chi connectivity index (χ1) is 13.5. The number of likely N-dealkylation sites (tertiary alicyclic amines) is 1. The quantitative estimate of drug-likeness (QED) is 0.480. The molecule has 0 aromatic carbocycles. The molecule has 28 heavy (non-hydrogen) atoms. The molecule has 0 saturated carbocycles. The van der Waals surface area contributed by atoms with Crippen LogP contribution in [-0.4, -0.2) is 50.2 Å². The second-order valence-corrected chi connectivity index (χ2v) is 9.97. The zero-order valence-electron chi connectivity index (χ0n) is 16.0. The highest BCUT2D eigenvalue weighted by Gasteiger charge is 2.28. The fraction of sp³-hybridized carbons (Fsp3) is 0.500. The molecule has 1 fully saturated rings. The Hall–Kier alpha value is -1.77. The number of carbonyl (C=O) groups excluding carboxylic acids is 1. The van der Waals surface area contributed by atoms with Gasteiger partial charge in [0.2, 0.25) is 5.91 Å². The van der Waals surface area contributed by atoms with Crippen LogP contribution in [-0.2, 0) is 22.6 Å². The number of amides is 1. The van der Waals surface area contributed by atoms with Gasteiger partial charge in [-0.3, -0.25) is 4.79 Å². The fourth-order valence-corrected chi connectivity index (χ4v) is 5.96. The number of ether oxygens (including phenoxy) is 1. The van der Waals surface area contributed by atoms with Gasteiger partial charge >= 0.3 is 0 Å². The lowest BCUT2D eigenvalue weighted by atomic mass is 9.95. The first-order valence-corrected chi connectivity index (χ1v) is 11.4. The standard InChI is InChI=1S/C20H22N4O2S2/c1-20(2)8-14-12(9-26-20)7-13-16-17(28-18(13)23-14)19(22-11-21-16)27-10-15(25)24-5-3-4-6-24/h7,11H,3-6,8-10H2,1-2H3. The molecule has 1 saturated heterocycles. The molecule has 1 amide bonds. The van der Waals surface area contributed by atoms with Gasteiger partial charge in [0.05, 0.1) is 33.9 Å². The van der Waals surface area contributed by atoms with E-state index in [2.05, 4.69) is 29.9 Å². The third kappa shape index (κ3) is 3.27. The van der Waals surface area contributed by atoms with Crippen LogP contribution in [0.4, 0.5) is 0 Å². The van der Waals surface area contributed by atoms with Gasteiger partial charge in [0, 0.05) is 30.5 Å². The SMILES string of the molecule is CC1(C)Cc2nc3sc4c(SCC(=O)N5CCCC5)ncnc4c3cc2CO1. The molecule has 3 aromatic heterocycles. The molecule has 0 bridgehead atoms. The summed E-state index contributed by atoms with van der Waals surface area (Å²) in [6.45, 7) is 6.55. The molecule has 5 heterocycles. The lowest BCUT2D eigenvalue weighted by Gasteiger charge is -2.30. The minimum Gasteiger partial charge on any atom is -0.370 e. The Bertz CT molecular complexity index is 1070. The number of pyridine rings is 1. The predicted molar refractivity (Wildman–Crippen MR) is 112 cm³/mol. The molecule has 8 heteroatoms. The predicted octanol–water partition coefficient (Wildman–Crippen LogP) is 3.81. The number of nitrogens with zero attached hydrogens (tertiary/aromatic N) is 4. The molecule has 146 valence electrons. The molecule has 0 N–H and O–H groups in total. The van der Waals surface area contributed by atoms with Crippen molar-refractivity contribution >= 4 is 49.4 Å². The summed E-state index contributed by atoms with van der Waals surface area (Å²) in [4.78, 5) is 29.3. The van der Waals surface area contributed by atoms with E-state index in [9.17, 15) is 4.79 Å². The zero-order valence-corrected chi connectivity index (χ0v) is 17.7. The Morgan fingerprint density at radius 3 is 2.96 bits per heavy atom. The van der Waals surface area contributed by atoms with Crippen molar-refractivity contribution in [1.29, 1.82) is 0 Å². The highest BCUT2D eigenvalue weighted by atomic mass is 32.2. The summed E-state index contributed by atoms with van der Waals surface area (Å²) >= 11 is 3.13. The van der Waals surface area contributed by atoms with Gasteiger partial charge in [0.25, 0.3) is 0 Å². The van der Waals surface area contributed by atoms with E-state index in [-0.39, 0.29) is 11.5 Å². The number of hydrogen-bond donors (Lipinski definition) is 0. The summed E-state index contributed by atoms with van der Waals surface area (Å²) < 4.78 is 6.97. The molecule has 6 nitrogen and oxygen atoms in total. The maximum Gasteiger partial charge on any atom is 0.232 e. The molecule has 0 unspecified atom stereocenters. The molecule has 0 spiro atoms. The molecule has 5 rings (SSSR count). The van der Waals surface area contributed by atoms with Gasteiger partial charge in [-0.1, -0.05) is 11.8 Å². The van der Waals surface area contributed by atoms with E-state index < -0.39 is 0 Å². The number of hydrogen-bond acceptors (Lipinski definition) is 7. The fourth-order valence-electron chi connectivity index (χ4n) is 3.86. The first-order valence-electron chi connectivity index (χ1n) is 9.61. The van der Waals surface area contributed by atoms with Crippen LogP contribution >= 0.6 is 23.1 Å². The van der Waals surface area contributed by atoms with Gasteiger partial charge in [-0.2, -0.15) is 0 Å². The largest absolute Gasteiger partial charge is 0.370 e. The van der Waals surface area contributed by atoms with Crippen molar-refractivity contribution in [2.45, 2.75) is 50.3 Å². The normalized spacial score (nSPS) is 18.7. The summed E-state index contributed by atoms with van der Waals surface area (Å²) in [6, 6.07) is 2.17. The highest BCUT2D eigenvalue weighted by Crippen LogP contribution is 2.39. The molecular formula is C20H22N4O2S2. The van der Waals surface area contributed by atoms with Crippen molar-refractivity contribution in [2.24, 2.45) is 0 Å². The molecule has 2 aliphatic heterocycles. The Balaban J connectivity index is 1.48. The van der Waals surface area contributed by atoms with Gasteiger partial charge in [0.15, 0.2) is 0 Å². The van der Waals surface area contributed by atoms with Crippen LogP contribution in [0.2, 0.25) is 0 Å². The number of rotatable bonds is 3. The van der Waals surface area contributed by atoms with Gasteiger partial charge in [-0.25, -0.2) is 15.0 Å². The minimum absolute atomic E-state index is 0.179. The molecule has 0 radical (unpaired) electrons.